The van der Waals surface area contributed by atoms with Gasteiger partial charge in [0.15, 0.2) is 0 Å². The molecule has 0 saturated heterocycles. The number of aromatic nitrogens is 2. The van der Waals surface area contributed by atoms with E-state index in [4.69, 9.17) is 0 Å². The normalized spacial score (nSPS) is 12.6. The molecule has 19 heavy (non-hydrogen) atoms. The number of halogens is 2. The Morgan fingerprint density at radius 1 is 1.47 bits per heavy atom. The minimum Gasteiger partial charge on any atom is -0.313 e. The minimum atomic E-state index is 0.305. The molecule has 1 unspecified atom stereocenters. The van der Waals surface area contributed by atoms with Crippen molar-refractivity contribution in [3.8, 4) is 0 Å². The molecule has 1 atom stereocenters. The van der Waals surface area contributed by atoms with Crippen LogP contribution in [0.2, 0.25) is 0 Å². The van der Waals surface area contributed by atoms with Crippen molar-refractivity contribution in [3.05, 3.63) is 49.8 Å². The fourth-order valence-electron chi connectivity index (χ4n) is 2.07. The number of nitrogens with zero attached hydrogens (tertiary/aromatic N) is 2. The maximum Gasteiger partial charge on any atom is 0.0522 e. The predicted octanol–water partition coefficient (Wildman–Crippen LogP) is 3.77. The summed E-state index contributed by atoms with van der Waals surface area (Å²) in [6, 6.07) is 6.71. The zero-order chi connectivity index (χ0) is 13.8. The monoisotopic (exact) mass is 433 g/mol. The number of aryl methyl sites for hydroxylation is 1. The van der Waals surface area contributed by atoms with Crippen molar-refractivity contribution in [1.82, 2.24) is 15.1 Å². The van der Waals surface area contributed by atoms with Crippen LogP contribution in [0.15, 0.2) is 35.1 Å². The highest BCUT2D eigenvalue weighted by atomic mass is 127. The quantitative estimate of drug-likeness (QED) is 0.727. The number of rotatable bonds is 5. The molecule has 0 spiro atoms. The molecule has 0 saturated carbocycles. The van der Waals surface area contributed by atoms with Gasteiger partial charge in [0.1, 0.15) is 0 Å². The number of hydrogen-bond acceptors (Lipinski definition) is 2. The fourth-order valence-corrected chi connectivity index (χ4v) is 3.16. The van der Waals surface area contributed by atoms with Crippen molar-refractivity contribution in [1.29, 1.82) is 0 Å². The summed E-state index contributed by atoms with van der Waals surface area (Å²) in [6.07, 6.45) is 5.02. The Labute approximate surface area is 136 Å². The summed E-state index contributed by atoms with van der Waals surface area (Å²) in [7, 11) is 2.01. The third kappa shape index (κ3) is 3.79. The van der Waals surface area contributed by atoms with Gasteiger partial charge < -0.3 is 5.32 Å². The summed E-state index contributed by atoms with van der Waals surface area (Å²) in [6.45, 7) is 3.02. The Kier molecular flexibility index (Phi) is 5.41. The van der Waals surface area contributed by atoms with E-state index in [0.29, 0.717) is 6.04 Å². The van der Waals surface area contributed by atoms with Gasteiger partial charge in [-0.05, 0) is 72.3 Å². The van der Waals surface area contributed by atoms with E-state index < -0.39 is 0 Å². The minimum absolute atomic E-state index is 0.305. The lowest BCUT2D eigenvalue weighted by Gasteiger charge is -2.18. The van der Waals surface area contributed by atoms with E-state index in [1.807, 2.05) is 17.9 Å². The first kappa shape index (κ1) is 15.0. The fraction of sp³-hybridized carbons (Fsp3) is 0.357. The highest BCUT2D eigenvalue weighted by Crippen LogP contribution is 2.26. The molecule has 0 aliphatic heterocycles. The zero-order valence-corrected chi connectivity index (χ0v) is 14.8. The third-order valence-corrected chi connectivity index (χ3v) is 4.61. The smallest absolute Gasteiger partial charge is 0.0522 e. The second-order valence-electron chi connectivity index (χ2n) is 4.42. The second-order valence-corrected chi connectivity index (χ2v) is 6.49. The van der Waals surface area contributed by atoms with Crippen molar-refractivity contribution in [2.45, 2.75) is 25.9 Å². The summed E-state index contributed by atoms with van der Waals surface area (Å²) >= 11 is 5.94. The Hall–Kier alpha value is -0.400. The van der Waals surface area contributed by atoms with Gasteiger partial charge in [0.05, 0.1) is 6.20 Å². The molecule has 1 aromatic carbocycles. The van der Waals surface area contributed by atoms with Gasteiger partial charge in [-0.25, -0.2) is 0 Å². The average Bonchev–Trinajstić information content (AvgIpc) is 2.87. The standard InChI is InChI=1S/C14H17BrIN3/c1-3-19-9-10(8-18-19)6-14(17-2)12-7-11(15)4-5-13(12)16/h4-5,7-9,14,17H,3,6H2,1-2H3. The van der Waals surface area contributed by atoms with E-state index in [9.17, 15) is 0 Å². The van der Waals surface area contributed by atoms with Gasteiger partial charge in [0.25, 0.3) is 0 Å². The van der Waals surface area contributed by atoms with Crippen LogP contribution in [0.25, 0.3) is 0 Å². The van der Waals surface area contributed by atoms with Crippen LogP contribution in [0.5, 0.6) is 0 Å². The maximum absolute atomic E-state index is 4.33. The summed E-state index contributed by atoms with van der Waals surface area (Å²) < 4.78 is 4.36. The van der Waals surface area contributed by atoms with Gasteiger partial charge in [-0.3, -0.25) is 4.68 Å². The molecule has 0 bridgehead atoms. The first-order chi connectivity index (χ1) is 9.13. The van der Waals surface area contributed by atoms with Gasteiger partial charge in [-0.2, -0.15) is 5.10 Å². The zero-order valence-electron chi connectivity index (χ0n) is 11.0. The van der Waals surface area contributed by atoms with E-state index in [2.05, 4.69) is 80.3 Å². The van der Waals surface area contributed by atoms with E-state index in [-0.39, 0.29) is 0 Å². The van der Waals surface area contributed by atoms with Gasteiger partial charge >= 0.3 is 0 Å². The van der Waals surface area contributed by atoms with E-state index in [0.717, 1.165) is 17.4 Å². The number of benzene rings is 1. The Morgan fingerprint density at radius 3 is 2.89 bits per heavy atom. The molecule has 1 heterocycles. The summed E-state index contributed by atoms with van der Waals surface area (Å²) in [5.74, 6) is 0. The van der Waals surface area contributed by atoms with Gasteiger partial charge in [-0.1, -0.05) is 15.9 Å². The van der Waals surface area contributed by atoms with E-state index in [1.165, 1.54) is 14.7 Å². The third-order valence-electron chi connectivity index (χ3n) is 3.13. The SMILES string of the molecule is CCn1cc(CC(NC)c2cc(Br)ccc2I)cn1. The van der Waals surface area contributed by atoms with Crippen LogP contribution in [0, 0.1) is 3.57 Å². The molecule has 0 aliphatic rings. The first-order valence-corrected chi connectivity index (χ1v) is 8.14. The average molecular weight is 434 g/mol. The first-order valence-electron chi connectivity index (χ1n) is 6.27. The molecule has 2 rings (SSSR count). The lowest BCUT2D eigenvalue weighted by atomic mass is 10.0. The molecule has 0 amide bonds. The van der Waals surface area contributed by atoms with Gasteiger partial charge in [-0.15, -0.1) is 0 Å². The molecule has 1 N–H and O–H groups in total. The highest BCUT2D eigenvalue weighted by Gasteiger charge is 2.14. The van der Waals surface area contributed by atoms with E-state index in [1.54, 1.807) is 0 Å². The number of nitrogens with one attached hydrogen (secondary N) is 1. The van der Waals surface area contributed by atoms with Crippen molar-refractivity contribution in [2.75, 3.05) is 7.05 Å². The number of hydrogen-bond donors (Lipinski definition) is 1. The molecule has 0 fully saturated rings. The highest BCUT2D eigenvalue weighted by molar-refractivity contribution is 14.1. The van der Waals surface area contributed by atoms with Crippen LogP contribution in [0.1, 0.15) is 24.1 Å². The predicted molar refractivity (Wildman–Crippen MR) is 90.3 cm³/mol. The van der Waals surface area contributed by atoms with Gasteiger partial charge in [0.2, 0.25) is 0 Å². The lowest BCUT2D eigenvalue weighted by molar-refractivity contribution is 0.588. The second kappa shape index (κ2) is 6.85. The van der Waals surface area contributed by atoms with Crippen LogP contribution in [0.3, 0.4) is 0 Å². The summed E-state index contributed by atoms with van der Waals surface area (Å²) in [4.78, 5) is 0. The lowest BCUT2D eigenvalue weighted by Crippen LogP contribution is -2.19. The summed E-state index contributed by atoms with van der Waals surface area (Å²) in [5.41, 5.74) is 2.58. The van der Waals surface area contributed by atoms with Crippen LogP contribution < -0.4 is 5.32 Å². The van der Waals surface area contributed by atoms with Crippen LogP contribution in [-0.2, 0) is 13.0 Å². The number of likely N-dealkylation sites (N-methyl/N-ethyl adjacent to an activating group) is 1. The topological polar surface area (TPSA) is 29.9 Å². The summed E-state index contributed by atoms with van der Waals surface area (Å²) in [5, 5.41) is 7.73. The molecule has 5 heteroatoms. The van der Waals surface area contributed by atoms with Crippen LogP contribution >= 0.6 is 38.5 Å². The Morgan fingerprint density at radius 2 is 2.26 bits per heavy atom. The van der Waals surface area contributed by atoms with Crippen LogP contribution in [-0.4, -0.2) is 16.8 Å². The molecule has 3 nitrogen and oxygen atoms in total. The Bertz CT molecular complexity index is 553. The van der Waals surface area contributed by atoms with Crippen LogP contribution in [0.4, 0.5) is 0 Å². The largest absolute Gasteiger partial charge is 0.313 e. The molecule has 1 aromatic heterocycles. The van der Waals surface area contributed by atoms with Crippen molar-refractivity contribution < 1.29 is 0 Å². The van der Waals surface area contributed by atoms with Crippen molar-refractivity contribution in [2.24, 2.45) is 0 Å². The molecule has 2 aromatic rings. The van der Waals surface area contributed by atoms with Crippen molar-refractivity contribution in [3.63, 3.8) is 0 Å². The van der Waals surface area contributed by atoms with Gasteiger partial charge in [0, 0.05) is 26.8 Å². The molecular formula is C14H17BrIN3. The molecule has 0 aliphatic carbocycles. The van der Waals surface area contributed by atoms with E-state index >= 15 is 0 Å². The molecule has 102 valence electrons. The molecular weight excluding hydrogens is 417 g/mol. The molecule has 0 radical (unpaired) electrons. The van der Waals surface area contributed by atoms with Crippen molar-refractivity contribution >= 4 is 38.5 Å². The maximum atomic E-state index is 4.33. The Balaban J connectivity index is 2.22.